The van der Waals surface area contributed by atoms with Crippen LogP contribution in [0.15, 0.2) is 24.3 Å². The summed E-state index contributed by atoms with van der Waals surface area (Å²) in [6.07, 6.45) is 8.90. The molecule has 0 saturated heterocycles. The summed E-state index contributed by atoms with van der Waals surface area (Å²) in [4.78, 5) is 4.62. The standard InChI is InChI=1S/C18H30O5S.Na/c1-3-5-6-7-8-9-10-17-11-13-18(14-12-17)21-15-16-22-23-24(19,20)4-2;/h11-14H,3-10,15-16H2,1-2H3;. The van der Waals surface area contributed by atoms with Crippen molar-refractivity contribution in [3.8, 4) is 5.75 Å². The molecule has 0 aromatic heterocycles. The predicted octanol–water partition coefficient (Wildman–Crippen LogP) is 3.89. The quantitative estimate of drug-likeness (QED) is 0.212. The van der Waals surface area contributed by atoms with E-state index in [4.69, 9.17) is 4.74 Å². The molecule has 0 amide bonds. The van der Waals surface area contributed by atoms with Gasteiger partial charge in [-0.2, -0.15) is 8.42 Å². The van der Waals surface area contributed by atoms with Gasteiger partial charge in [0.25, 0.3) is 10.1 Å². The fourth-order valence-electron chi connectivity index (χ4n) is 2.21. The molecule has 5 nitrogen and oxygen atoms in total. The molecule has 0 spiro atoms. The summed E-state index contributed by atoms with van der Waals surface area (Å²) >= 11 is 0. The van der Waals surface area contributed by atoms with Gasteiger partial charge in [-0.05, 0) is 37.5 Å². The van der Waals surface area contributed by atoms with Gasteiger partial charge in [-0.1, -0.05) is 51.2 Å². The van der Waals surface area contributed by atoms with Crippen LogP contribution in [-0.2, 0) is 25.8 Å². The van der Waals surface area contributed by atoms with Crippen LogP contribution in [0.4, 0.5) is 0 Å². The van der Waals surface area contributed by atoms with Gasteiger partial charge in [0.2, 0.25) is 0 Å². The van der Waals surface area contributed by atoms with Crippen molar-refractivity contribution in [3.63, 3.8) is 0 Å². The van der Waals surface area contributed by atoms with Gasteiger partial charge in [0.1, 0.15) is 19.0 Å². The van der Waals surface area contributed by atoms with Crippen LogP contribution in [0.25, 0.3) is 0 Å². The fraction of sp³-hybridized carbons (Fsp3) is 0.667. The number of benzene rings is 1. The number of hydrogen-bond donors (Lipinski definition) is 0. The fourth-order valence-corrected chi connectivity index (χ4v) is 2.52. The Kier molecular flexibility index (Phi) is 14.9. The zero-order valence-corrected chi connectivity index (χ0v) is 18.6. The van der Waals surface area contributed by atoms with Crippen LogP contribution in [0.1, 0.15) is 57.9 Å². The van der Waals surface area contributed by atoms with Gasteiger partial charge < -0.3 is 4.74 Å². The van der Waals surface area contributed by atoms with Crippen LogP contribution in [0.2, 0.25) is 0 Å². The molecule has 0 bridgehead atoms. The smallest absolute Gasteiger partial charge is 0.293 e. The average Bonchev–Trinajstić information content (AvgIpc) is 2.59. The molecular formula is C18H30NaO5S. The van der Waals surface area contributed by atoms with E-state index < -0.39 is 10.1 Å². The van der Waals surface area contributed by atoms with E-state index in [0.717, 1.165) is 12.2 Å². The Hall–Kier alpha value is -0.110. The Morgan fingerprint density at radius 2 is 1.52 bits per heavy atom. The minimum Gasteiger partial charge on any atom is -0.491 e. The maximum absolute atomic E-state index is 11.0. The maximum Gasteiger partial charge on any atom is 0.293 e. The molecule has 7 heteroatoms. The van der Waals surface area contributed by atoms with E-state index in [1.54, 1.807) is 0 Å². The Labute approximate surface area is 174 Å². The van der Waals surface area contributed by atoms with Gasteiger partial charge >= 0.3 is 0 Å². The van der Waals surface area contributed by atoms with Crippen molar-refractivity contribution < 1.29 is 22.4 Å². The SMILES string of the molecule is CCCCCCCCc1ccc(OCCOOS(=O)(=O)CC)cc1.[Na]. The third kappa shape index (κ3) is 12.8. The maximum atomic E-state index is 11.0. The third-order valence-electron chi connectivity index (χ3n) is 3.68. The molecule has 0 N–H and O–H groups in total. The Morgan fingerprint density at radius 3 is 2.16 bits per heavy atom. The molecule has 0 saturated carbocycles. The summed E-state index contributed by atoms with van der Waals surface area (Å²) in [7, 11) is -3.56. The number of hydrogen-bond acceptors (Lipinski definition) is 5. The van der Waals surface area contributed by atoms with Crippen LogP contribution in [0.3, 0.4) is 0 Å². The molecule has 0 aliphatic carbocycles. The van der Waals surface area contributed by atoms with Gasteiger partial charge in [-0.15, -0.1) is 4.33 Å². The van der Waals surface area contributed by atoms with Gasteiger partial charge in [-0.25, -0.2) is 4.89 Å². The van der Waals surface area contributed by atoms with E-state index >= 15 is 0 Å². The first kappa shape index (κ1) is 24.9. The van der Waals surface area contributed by atoms with E-state index in [9.17, 15) is 8.42 Å². The molecule has 0 heterocycles. The van der Waals surface area contributed by atoms with Crippen LogP contribution in [0.5, 0.6) is 5.75 Å². The van der Waals surface area contributed by atoms with Gasteiger partial charge in [0.15, 0.2) is 0 Å². The van der Waals surface area contributed by atoms with Gasteiger partial charge in [0, 0.05) is 29.6 Å². The molecule has 0 fully saturated rings. The van der Waals surface area contributed by atoms with Crippen LogP contribution in [0, 0.1) is 0 Å². The second-order valence-corrected chi connectivity index (χ2v) is 7.58. The number of ether oxygens (including phenoxy) is 1. The second kappa shape index (κ2) is 15.0. The molecule has 25 heavy (non-hydrogen) atoms. The summed E-state index contributed by atoms with van der Waals surface area (Å²) in [6.45, 7) is 4.01. The minimum atomic E-state index is -3.56. The first-order chi connectivity index (χ1) is 11.6. The summed E-state index contributed by atoms with van der Waals surface area (Å²) in [5, 5.41) is 0. The number of unbranched alkanes of at least 4 members (excludes halogenated alkanes) is 5. The average molecular weight is 381 g/mol. The summed E-state index contributed by atoms with van der Waals surface area (Å²) in [5.41, 5.74) is 1.31. The molecular weight excluding hydrogens is 351 g/mol. The van der Waals surface area contributed by atoms with Crippen molar-refractivity contribution >= 4 is 39.7 Å². The Bertz CT molecular complexity index is 531. The predicted molar refractivity (Wildman–Crippen MR) is 101 cm³/mol. The van der Waals surface area contributed by atoms with Crippen molar-refractivity contribution in [2.24, 2.45) is 0 Å². The van der Waals surface area contributed by atoms with E-state index in [1.165, 1.54) is 51.0 Å². The Balaban J connectivity index is 0.00000576. The van der Waals surface area contributed by atoms with Crippen molar-refractivity contribution in [2.75, 3.05) is 19.0 Å². The molecule has 1 rings (SSSR count). The molecule has 0 aliphatic rings. The molecule has 0 unspecified atom stereocenters. The molecule has 0 atom stereocenters. The summed E-state index contributed by atoms with van der Waals surface area (Å²) in [5.74, 6) is 0.622. The van der Waals surface area contributed by atoms with E-state index in [-0.39, 0.29) is 48.5 Å². The second-order valence-electron chi connectivity index (χ2n) is 5.75. The van der Waals surface area contributed by atoms with E-state index in [2.05, 4.69) is 28.3 Å². The number of rotatable bonds is 14. The molecule has 1 aromatic carbocycles. The normalized spacial score (nSPS) is 11.1. The van der Waals surface area contributed by atoms with Crippen molar-refractivity contribution in [3.05, 3.63) is 29.8 Å². The van der Waals surface area contributed by atoms with Crippen LogP contribution in [-0.4, -0.2) is 56.9 Å². The molecule has 0 aliphatic heterocycles. The Morgan fingerprint density at radius 1 is 0.880 bits per heavy atom. The van der Waals surface area contributed by atoms with Crippen molar-refractivity contribution in [1.82, 2.24) is 0 Å². The van der Waals surface area contributed by atoms with Crippen LogP contribution >= 0.6 is 0 Å². The monoisotopic (exact) mass is 381 g/mol. The van der Waals surface area contributed by atoms with Crippen molar-refractivity contribution in [2.45, 2.75) is 58.8 Å². The molecule has 1 radical (unpaired) electrons. The third-order valence-corrected chi connectivity index (χ3v) is 4.69. The molecule has 1 aromatic rings. The van der Waals surface area contributed by atoms with Crippen molar-refractivity contribution in [1.29, 1.82) is 0 Å². The summed E-state index contributed by atoms with van der Waals surface area (Å²) in [6, 6.07) is 7.99. The summed E-state index contributed by atoms with van der Waals surface area (Å²) < 4.78 is 31.9. The topological polar surface area (TPSA) is 61.8 Å². The largest absolute Gasteiger partial charge is 0.491 e. The zero-order chi connectivity index (χ0) is 17.7. The zero-order valence-electron chi connectivity index (χ0n) is 15.8. The first-order valence-electron chi connectivity index (χ1n) is 8.83. The van der Waals surface area contributed by atoms with E-state index in [0.29, 0.717) is 0 Å². The molecule has 139 valence electrons. The van der Waals surface area contributed by atoms with Gasteiger partial charge in [-0.3, -0.25) is 0 Å². The van der Waals surface area contributed by atoms with E-state index in [1.807, 2.05) is 12.1 Å². The number of aryl methyl sites for hydroxylation is 1. The first-order valence-corrected chi connectivity index (χ1v) is 10.4. The minimum absolute atomic E-state index is 0. The van der Waals surface area contributed by atoms with Gasteiger partial charge in [0.05, 0.1) is 5.75 Å². The van der Waals surface area contributed by atoms with Crippen LogP contribution < -0.4 is 4.74 Å².